The standard InChI is InChI=1S/C21H30N4O5/c1-7-24-15-10-9-13(11-14(15)18(27)25(8-2)20(24)29)23-17(26)12(3)16(21(4,5)6)30-19(22)28/h9-12,16H,7-8H2,1-6H3,(H2,22,28)(H,23,26). The quantitative estimate of drug-likeness (QED) is 0.744. The molecule has 2 rings (SSSR count). The van der Waals surface area contributed by atoms with Gasteiger partial charge in [0.2, 0.25) is 5.91 Å². The zero-order chi connectivity index (χ0) is 22.8. The molecule has 2 unspecified atom stereocenters. The number of anilines is 1. The van der Waals surface area contributed by atoms with Crippen molar-refractivity contribution in [3.8, 4) is 0 Å². The van der Waals surface area contributed by atoms with Crippen molar-refractivity contribution in [1.82, 2.24) is 9.13 Å². The average Bonchev–Trinajstić information content (AvgIpc) is 2.65. The minimum atomic E-state index is -0.946. The number of carbonyl (C=O) groups is 2. The van der Waals surface area contributed by atoms with Crippen LogP contribution < -0.4 is 22.3 Å². The van der Waals surface area contributed by atoms with Gasteiger partial charge >= 0.3 is 11.8 Å². The van der Waals surface area contributed by atoms with Gasteiger partial charge in [-0.1, -0.05) is 20.8 Å². The SMILES string of the molecule is CCn1c(=O)c2cc(NC(=O)C(C)C(OC(N)=O)C(C)(C)C)ccc2n(CC)c1=O. The molecule has 1 aromatic heterocycles. The smallest absolute Gasteiger partial charge is 0.404 e. The second-order valence-electron chi connectivity index (χ2n) is 8.31. The maximum absolute atomic E-state index is 12.8. The summed E-state index contributed by atoms with van der Waals surface area (Å²) < 4.78 is 7.87. The zero-order valence-electron chi connectivity index (χ0n) is 18.3. The Balaban J connectivity index is 2.44. The number of aryl methyl sites for hydroxylation is 1. The summed E-state index contributed by atoms with van der Waals surface area (Å²) in [4.78, 5) is 49.3. The average molecular weight is 418 g/mol. The van der Waals surface area contributed by atoms with Crippen LogP contribution in [0, 0.1) is 11.3 Å². The lowest BCUT2D eigenvalue weighted by atomic mass is 9.81. The predicted octanol–water partition coefficient (Wildman–Crippen LogP) is 2.29. The van der Waals surface area contributed by atoms with Crippen LogP contribution >= 0.6 is 0 Å². The van der Waals surface area contributed by atoms with Gasteiger partial charge in [0.1, 0.15) is 6.10 Å². The van der Waals surface area contributed by atoms with Crippen LogP contribution in [0.1, 0.15) is 41.5 Å². The van der Waals surface area contributed by atoms with Crippen LogP contribution in [0.4, 0.5) is 10.5 Å². The van der Waals surface area contributed by atoms with E-state index in [0.29, 0.717) is 23.1 Å². The third-order valence-electron chi connectivity index (χ3n) is 5.09. The lowest BCUT2D eigenvalue weighted by Gasteiger charge is -2.33. The summed E-state index contributed by atoms with van der Waals surface area (Å²) in [6.45, 7) is 11.4. The molecule has 2 amide bonds. The summed E-state index contributed by atoms with van der Waals surface area (Å²) in [5.41, 5.74) is 4.80. The molecule has 0 aliphatic carbocycles. The summed E-state index contributed by atoms with van der Waals surface area (Å²) >= 11 is 0. The Hall–Kier alpha value is -3.10. The van der Waals surface area contributed by atoms with Crippen molar-refractivity contribution in [3.05, 3.63) is 39.0 Å². The maximum atomic E-state index is 12.8. The predicted molar refractivity (Wildman–Crippen MR) is 116 cm³/mol. The van der Waals surface area contributed by atoms with Gasteiger partial charge < -0.3 is 15.8 Å². The number of hydrogen-bond donors (Lipinski definition) is 2. The lowest BCUT2D eigenvalue weighted by molar-refractivity contribution is -0.125. The van der Waals surface area contributed by atoms with Crippen molar-refractivity contribution >= 4 is 28.6 Å². The summed E-state index contributed by atoms with van der Waals surface area (Å²) in [6.07, 6.45) is -1.68. The Bertz CT molecular complexity index is 1080. The van der Waals surface area contributed by atoms with Gasteiger partial charge in [-0.3, -0.25) is 18.7 Å². The molecule has 0 saturated carbocycles. The van der Waals surface area contributed by atoms with Crippen molar-refractivity contribution in [3.63, 3.8) is 0 Å². The number of ether oxygens (including phenoxy) is 1. The van der Waals surface area contributed by atoms with E-state index < -0.39 is 29.1 Å². The third-order valence-corrected chi connectivity index (χ3v) is 5.09. The van der Waals surface area contributed by atoms with Crippen LogP contribution in [-0.4, -0.2) is 27.2 Å². The second-order valence-corrected chi connectivity index (χ2v) is 8.31. The molecule has 0 radical (unpaired) electrons. The molecule has 0 spiro atoms. The van der Waals surface area contributed by atoms with Crippen LogP contribution in [-0.2, 0) is 22.6 Å². The van der Waals surface area contributed by atoms with Gasteiger partial charge in [-0.15, -0.1) is 0 Å². The van der Waals surface area contributed by atoms with Crippen molar-refractivity contribution < 1.29 is 14.3 Å². The van der Waals surface area contributed by atoms with E-state index in [1.54, 1.807) is 32.0 Å². The molecule has 3 N–H and O–H groups in total. The van der Waals surface area contributed by atoms with E-state index >= 15 is 0 Å². The van der Waals surface area contributed by atoms with Crippen LogP contribution in [0.5, 0.6) is 0 Å². The molecule has 0 aliphatic rings. The van der Waals surface area contributed by atoms with Gasteiger partial charge in [-0.25, -0.2) is 9.59 Å². The third kappa shape index (κ3) is 4.55. The molecule has 30 heavy (non-hydrogen) atoms. The largest absolute Gasteiger partial charge is 0.445 e. The number of nitrogens with two attached hydrogens (primary N) is 1. The first-order valence-electron chi connectivity index (χ1n) is 9.96. The summed E-state index contributed by atoms with van der Waals surface area (Å²) in [6, 6.07) is 4.83. The monoisotopic (exact) mass is 418 g/mol. The van der Waals surface area contributed by atoms with Crippen LogP contribution in [0.2, 0.25) is 0 Å². The Labute approximate surface area is 174 Å². The number of hydrogen-bond acceptors (Lipinski definition) is 5. The number of nitrogens with zero attached hydrogens (tertiary/aromatic N) is 2. The van der Waals surface area contributed by atoms with Gasteiger partial charge in [0.25, 0.3) is 5.56 Å². The number of fused-ring (bicyclic) bond motifs is 1. The van der Waals surface area contributed by atoms with Crippen molar-refractivity contribution in [2.45, 2.75) is 60.7 Å². The second kappa shape index (κ2) is 8.73. The first-order valence-corrected chi connectivity index (χ1v) is 9.96. The first kappa shape index (κ1) is 23.2. The highest BCUT2D eigenvalue weighted by Crippen LogP contribution is 2.29. The van der Waals surface area contributed by atoms with E-state index in [-0.39, 0.29) is 18.1 Å². The minimum Gasteiger partial charge on any atom is -0.445 e. The summed E-state index contributed by atoms with van der Waals surface area (Å²) in [7, 11) is 0. The molecule has 2 aromatic rings. The molecule has 1 aromatic carbocycles. The topological polar surface area (TPSA) is 125 Å². The van der Waals surface area contributed by atoms with E-state index in [4.69, 9.17) is 10.5 Å². The molecule has 0 aliphatic heterocycles. The normalized spacial score (nSPS) is 13.7. The molecule has 1 heterocycles. The number of benzene rings is 1. The molecule has 0 bridgehead atoms. The highest BCUT2D eigenvalue weighted by atomic mass is 16.6. The molecular formula is C21H30N4O5. The Morgan fingerprint density at radius 2 is 1.73 bits per heavy atom. The number of primary amides is 1. The fourth-order valence-electron chi connectivity index (χ4n) is 3.63. The first-order chi connectivity index (χ1) is 13.9. The van der Waals surface area contributed by atoms with Gasteiger partial charge in [0, 0.05) is 18.8 Å². The summed E-state index contributed by atoms with van der Waals surface area (Å²) in [5.74, 6) is -1.07. The van der Waals surface area contributed by atoms with Crippen LogP contribution in [0.15, 0.2) is 27.8 Å². The minimum absolute atomic E-state index is 0.249. The molecular weight excluding hydrogens is 388 g/mol. The molecule has 2 atom stereocenters. The Kier molecular flexibility index (Phi) is 6.74. The van der Waals surface area contributed by atoms with Gasteiger partial charge in [-0.2, -0.15) is 0 Å². The highest BCUT2D eigenvalue weighted by molar-refractivity contribution is 5.95. The number of carbonyl (C=O) groups excluding carboxylic acids is 2. The molecule has 164 valence electrons. The van der Waals surface area contributed by atoms with Crippen molar-refractivity contribution in [2.75, 3.05) is 5.32 Å². The van der Waals surface area contributed by atoms with E-state index in [2.05, 4.69) is 5.32 Å². The molecule has 9 heteroatoms. The zero-order valence-corrected chi connectivity index (χ0v) is 18.3. The van der Waals surface area contributed by atoms with Crippen LogP contribution in [0.3, 0.4) is 0 Å². The fraction of sp³-hybridized carbons (Fsp3) is 0.524. The highest BCUT2D eigenvalue weighted by Gasteiger charge is 2.36. The summed E-state index contributed by atoms with van der Waals surface area (Å²) in [5, 5.41) is 3.11. The van der Waals surface area contributed by atoms with E-state index in [0.717, 1.165) is 4.57 Å². The van der Waals surface area contributed by atoms with Crippen molar-refractivity contribution in [2.24, 2.45) is 17.1 Å². The van der Waals surface area contributed by atoms with E-state index in [9.17, 15) is 19.2 Å². The number of aromatic nitrogens is 2. The number of amides is 2. The Morgan fingerprint density at radius 1 is 1.13 bits per heavy atom. The number of rotatable bonds is 6. The molecule has 0 saturated heterocycles. The lowest BCUT2D eigenvalue weighted by Crippen LogP contribution is -2.43. The fourth-order valence-corrected chi connectivity index (χ4v) is 3.63. The molecule has 9 nitrogen and oxygen atoms in total. The van der Waals surface area contributed by atoms with E-state index in [1.165, 1.54) is 4.57 Å². The van der Waals surface area contributed by atoms with Gasteiger partial charge in [0.05, 0.1) is 16.8 Å². The van der Waals surface area contributed by atoms with E-state index in [1.807, 2.05) is 27.7 Å². The Morgan fingerprint density at radius 3 is 2.23 bits per heavy atom. The van der Waals surface area contributed by atoms with Gasteiger partial charge in [0.15, 0.2) is 0 Å². The molecule has 0 fully saturated rings. The maximum Gasteiger partial charge on any atom is 0.404 e. The van der Waals surface area contributed by atoms with Gasteiger partial charge in [-0.05, 0) is 44.4 Å². The van der Waals surface area contributed by atoms with Crippen molar-refractivity contribution in [1.29, 1.82) is 0 Å². The number of nitrogens with one attached hydrogen (secondary N) is 1. The van der Waals surface area contributed by atoms with Crippen LogP contribution in [0.25, 0.3) is 10.9 Å².